The maximum Gasteiger partial charge on any atom is 0.273 e. The topological polar surface area (TPSA) is 50.4 Å². The van der Waals surface area contributed by atoms with Crippen LogP contribution in [0.5, 0.6) is 5.75 Å². The molecule has 0 aromatic heterocycles. The van der Waals surface area contributed by atoms with E-state index in [-0.39, 0.29) is 5.91 Å². The molecule has 122 valence electrons. The van der Waals surface area contributed by atoms with Gasteiger partial charge in [0.05, 0.1) is 0 Å². The van der Waals surface area contributed by atoms with Gasteiger partial charge in [-0.05, 0) is 48.1 Å². The van der Waals surface area contributed by atoms with E-state index in [9.17, 15) is 4.79 Å². The lowest BCUT2D eigenvalue weighted by Crippen LogP contribution is -2.21. The summed E-state index contributed by atoms with van der Waals surface area (Å²) >= 11 is 16.9. The lowest BCUT2D eigenvalue weighted by Gasteiger charge is -2.09. The predicted octanol–water partition coefficient (Wildman–Crippen LogP) is 3.92. The average molecular weight is 379 g/mol. The first kappa shape index (κ1) is 16.8. The van der Waals surface area contributed by atoms with E-state index in [0.717, 1.165) is 11.1 Å². The van der Waals surface area contributed by atoms with Gasteiger partial charge >= 0.3 is 0 Å². The molecule has 0 unspecified atom stereocenters. The fourth-order valence-corrected chi connectivity index (χ4v) is 2.81. The first-order valence-corrected chi connectivity index (χ1v) is 8.18. The number of rotatable bonds is 4. The Labute approximate surface area is 154 Å². The van der Waals surface area contributed by atoms with Gasteiger partial charge in [-0.3, -0.25) is 10.1 Å². The van der Waals surface area contributed by atoms with Gasteiger partial charge in [-0.1, -0.05) is 41.4 Å². The molecule has 7 heteroatoms. The second-order valence-corrected chi connectivity index (χ2v) is 6.32. The number of nitrogens with one attached hydrogen (secondary N) is 2. The molecule has 0 aliphatic carbocycles. The fraction of sp³-hybridized carbons (Fsp3) is 0.0588. The fourth-order valence-electron chi connectivity index (χ4n) is 2.14. The van der Waals surface area contributed by atoms with Gasteiger partial charge in [0.15, 0.2) is 5.11 Å². The van der Waals surface area contributed by atoms with Crippen molar-refractivity contribution in [3.63, 3.8) is 0 Å². The lowest BCUT2D eigenvalue weighted by molar-refractivity contribution is -0.115. The summed E-state index contributed by atoms with van der Waals surface area (Å²) in [5.74, 6) is 0.413. The normalized spacial score (nSPS) is 15.3. The van der Waals surface area contributed by atoms with Crippen molar-refractivity contribution in [2.45, 2.75) is 6.61 Å². The van der Waals surface area contributed by atoms with Crippen molar-refractivity contribution in [3.8, 4) is 5.75 Å². The number of thiocarbonyl (C=S) groups is 1. The van der Waals surface area contributed by atoms with Crippen LogP contribution in [0.15, 0.2) is 48.2 Å². The highest BCUT2D eigenvalue weighted by molar-refractivity contribution is 7.80. The van der Waals surface area contributed by atoms with Crippen molar-refractivity contribution in [3.05, 3.63) is 69.3 Å². The molecular weight excluding hydrogens is 367 g/mol. The van der Waals surface area contributed by atoms with E-state index in [1.807, 2.05) is 30.3 Å². The summed E-state index contributed by atoms with van der Waals surface area (Å²) in [4.78, 5) is 11.7. The van der Waals surface area contributed by atoms with Crippen molar-refractivity contribution in [1.29, 1.82) is 0 Å². The van der Waals surface area contributed by atoms with Crippen LogP contribution in [0.25, 0.3) is 6.08 Å². The Morgan fingerprint density at radius 1 is 1.12 bits per heavy atom. The van der Waals surface area contributed by atoms with Crippen LogP contribution in [0.2, 0.25) is 10.0 Å². The van der Waals surface area contributed by atoms with Crippen LogP contribution in [0.4, 0.5) is 0 Å². The summed E-state index contributed by atoms with van der Waals surface area (Å²) in [6.07, 6.45) is 1.71. The molecule has 2 aromatic rings. The molecule has 24 heavy (non-hydrogen) atoms. The summed E-state index contributed by atoms with van der Waals surface area (Å²) in [6.45, 7) is 0.318. The molecule has 0 bridgehead atoms. The Morgan fingerprint density at radius 2 is 1.96 bits per heavy atom. The third-order valence-electron chi connectivity index (χ3n) is 3.30. The maximum absolute atomic E-state index is 11.7. The second-order valence-electron chi connectivity index (χ2n) is 5.06. The van der Waals surface area contributed by atoms with E-state index in [4.69, 9.17) is 40.2 Å². The number of hydrogen-bond acceptors (Lipinski definition) is 3. The number of benzene rings is 2. The monoisotopic (exact) mass is 378 g/mol. The Balaban J connectivity index is 1.73. The van der Waals surface area contributed by atoms with Gasteiger partial charge in [0.1, 0.15) is 18.1 Å². The van der Waals surface area contributed by atoms with Gasteiger partial charge in [0, 0.05) is 15.6 Å². The summed E-state index contributed by atoms with van der Waals surface area (Å²) in [5.41, 5.74) is 2.06. The van der Waals surface area contributed by atoms with E-state index < -0.39 is 0 Å². The highest BCUT2D eigenvalue weighted by Gasteiger charge is 2.19. The van der Waals surface area contributed by atoms with E-state index in [0.29, 0.717) is 33.2 Å². The van der Waals surface area contributed by atoms with Crippen molar-refractivity contribution in [2.75, 3.05) is 0 Å². The van der Waals surface area contributed by atoms with Gasteiger partial charge in [-0.2, -0.15) is 0 Å². The zero-order valence-electron chi connectivity index (χ0n) is 12.3. The number of halogens is 2. The Morgan fingerprint density at radius 3 is 2.67 bits per heavy atom. The number of carbonyl (C=O) groups is 1. The number of carbonyl (C=O) groups excluding carboxylic acids is 1. The smallest absolute Gasteiger partial charge is 0.273 e. The summed E-state index contributed by atoms with van der Waals surface area (Å²) in [5, 5.41) is 6.76. The number of hydrogen-bond donors (Lipinski definition) is 2. The second kappa shape index (κ2) is 7.21. The van der Waals surface area contributed by atoms with E-state index in [1.54, 1.807) is 18.2 Å². The van der Waals surface area contributed by atoms with Gasteiger partial charge in [-0.25, -0.2) is 0 Å². The molecule has 1 amide bonds. The zero-order valence-corrected chi connectivity index (χ0v) is 14.6. The van der Waals surface area contributed by atoms with Gasteiger partial charge < -0.3 is 10.1 Å². The van der Waals surface area contributed by atoms with Crippen LogP contribution in [-0.4, -0.2) is 11.0 Å². The minimum absolute atomic E-state index is 0.251. The molecule has 1 fully saturated rings. The molecule has 0 atom stereocenters. The molecule has 3 rings (SSSR count). The molecule has 0 radical (unpaired) electrons. The first-order valence-electron chi connectivity index (χ1n) is 7.02. The highest BCUT2D eigenvalue weighted by atomic mass is 35.5. The van der Waals surface area contributed by atoms with E-state index in [1.165, 1.54) is 0 Å². The van der Waals surface area contributed by atoms with Gasteiger partial charge in [-0.15, -0.1) is 0 Å². The quantitative estimate of drug-likeness (QED) is 0.625. The molecule has 1 saturated heterocycles. The molecule has 1 heterocycles. The van der Waals surface area contributed by atoms with E-state index in [2.05, 4.69) is 10.6 Å². The first-order chi connectivity index (χ1) is 11.5. The Kier molecular flexibility index (Phi) is 5.04. The van der Waals surface area contributed by atoms with Crippen LogP contribution in [0.3, 0.4) is 0 Å². The molecule has 2 N–H and O–H groups in total. The largest absolute Gasteiger partial charge is 0.489 e. The van der Waals surface area contributed by atoms with Crippen LogP contribution >= 0.6 is 35.4 Å². The number of ether oxygens (including phenoxy) is 1. The molecule has 4 nitrogen and oxygen atoms in total. The van der Waals surface area contributed by atoms with Crippen molar-refractivity contribution < 1.29 is 9.53 Å². The Bertz CT molecular complexity index is 852. The third kappa shape index (κ3) is 4.06. The minimum Gasteiger partial charge on any atom is -0.489 e. The average Bonchev–Trinajstić information content (AvgIpc) is 2.84. The zero-order chi connectivity index (χ0) is 17.1. The van der Waals surface area contributed by atoms with Gasteiger partial charge in [0.25, 0.3) is 5.91 Å². The molecule has 1 aliphatic heterocycles. The predicted molar refractivity (Wildman–Crippen MR) is 99.1 cm³/mol. The van der Waals surface area contributed by atoms with Crippen molar-refractivity contribution in [1.82, 2.24) is 10.6 Å². The van der Waals surface area contributed by atoms with Gasteiger partial charge in [0.2, 0.25) is 0 Å². The SMILES string of the molecule is O=C1NC(=S)N/C1=C/c1cccc(OCc2ccc(Cl)cc2Cl)c1. The lowest BCUT2D eigenvalue weighted by atomic mass is 10.2. The van der Waals surface area contributed by atoms with E-state index >= 15 is 0 Å². The summed E-state index contributed by atoms with van der Waals surface area (Å²) in [7, 11) is 0. The molecule has 0 spiro atoms. The van der Waals surface area contributed by atoms with Crippen LogP contribution in [-0.2, 0) is 11.4 Å². The summed E-state index contributed by atoms with van der Waals surface area (Å²) in [6, 6.07) is 12.6. The Hall–Kier alpha value is -2.08. The molecule has 0 saturated carbocycles. The third-order valence-corrected chi connectivity index (χ3v) is 4.09. The van der Waals surface area contributed by atoms with Crippen LogP contribution < -0.4 is 15.4 Å². The molecular formula is C17H12Cl2N2O2S. The molecule has 1 aliphatic rings. The standard InChI is InChI=1S/C17H12Cl2N2O2S/c18-12-5-4-11(14(19)8-12)9-23-13-3-1-2-10(6-13)7-15-16(22)21-17(24)20-15/h1-8H,9H2,(H2,20,21,22,24)/b15-7+. The number of amides is 1. The maximum atomic E-state index is 11.7. The van der Waals surface area contributed by atoms with Crippen molar-refractivity contribution >= 4 is 52.5 Å². The minimum atomic E-state index is -0.251. The van der Waals surface area contributed by atoms with Crippen molar-refractivity contribution in [2.24, 2.45) is 0 Å². The molecule has 2 aromatic carbocycles. The highest BCUT2D eigenvalue weighted by Crippen LogP contribution is 2.23. The summed E-state index contributed by atoms with van der Waals surface area (Å²) < 4.78 is 5.76. The van der Waals surface area contributed by atoms with Crippen LogP contribution in [0, 0.1) is 0 Å². The van der Waals surface area contributed by atoms with Crippen LogP contribution in [0.1, 0.15) is 11.1 Å².